The molecule has 0 saturated heterocycles. The first-order chi connectivity index (χ1) is 13.3. The lowest BCUT2D eigenvalue weighted by molar-refractivity contribution is 0.413. The molecule has 1 aromatic carbocycles. The molecule has 0 bridgehead atoms. The molecule has 1 fully saturated rings. The summed E-state index contributed by atoms with van der Waals surface area (Å²) in [4.78, 5) is 13.1. The van der Waals surface area contributed by atoms with E-state index in [1.807, 2.05) is 12.1 Å². The lowest BCUT2D eigenvalue weighted by Gasteiger charge is -2.24. The van der Waals surface area contributed by atoms with Crippen molar-refractivity contribution in [2.45, 2.75) is 33.1 Å². The van der Waals surface area contributed by atoms with Gasteiger partial charge in [0.15, 0.2) is 0 Å². The van der Waals surface area contributed by atoms with Crippen LogP contribution < -0.4 is 10.6 Å². The normalized spacial score (nSPS) is 14.9. The van der Waals surface area contributed by atoms with Gasteiger partial charge in [0.25, 0.3) is 0 Å². The minimum atomic E-state index is 0.354. The smallest absolute Gasteiger partial charge is 0.132 e. The summed E-state index contributed by atoms with van der Waals surface area (Å²) >= 11 is 0. The van der Waals surface area contributed by atoms with Crippen LogP contribution in [0.4, 0.5) is 11.5 Å². The van der Waals surface area contributed by atoms with Gasteiger partial charge in [-0.15, -0.1) is 0 Å². The largest absolute Gasteiger partial charge is 0.398 e. The first kappa shape index (κ1) is 20.3. The van der Waals surface area contributed by atoms with Crippen LogP contribution in [0.1, 0.15) is 43.5 Å². The highest BCUT2D eigenvalue weighted by atomic mass is 15.2. The molecule has 3 N–H and O–H groups in total. The summed E-state index contributed by atoms with van der Waals surface area (Å²) in [6.07, 6.45) is 5.14. The standard InChI is InChI=1S/C22H32N6/c1-5-28(11-10-27(3)4)20-13-19(25-15-26-20)21(24)17-12-16(6-7-18(17)23)14-22(2)8-9-22/h6-7,12-13,15,24H,5,8-11,14,23H2,1-4H3. The number of hydrogen-bond donors (Lipinski definition) is 2. The third-order valence-electron chi connectivity index (χ3n) is 5.55. The van der Waals surface area contributed by atoms with Crippen LogP contribution in [0.3, 0.4) is 0 Å². The fourth-order valence-electron chi connectivity index (χ4n) is 3.36. The Bertz CT molecular complexity index is 841. The molecule has 6 nitrogen and oxygen atoms in total. The molecule has 0 atom stereocenters. The van der Waals surface area contributed by atoms with E-state index >= 15 is 0 Å². The second-order valence-corrected chi connectivity index (χ2v) is 8.43. The molecule has 1 aliphatic carbocycles. The molecule has 150 valence electrons. The van der Waals surface area contributed by atoms with Gasteiger partial charge in [0.2, 0.25) is 0 Å². The Kier molecular flexibility index (Phi) is 5.98. The molecule has 28 heavy (non-hydrogen) atoms. The van der Waals surface area contributed by atoms with Crippen molar-refractivity contribution in [1.82, 2.24) is 14.9 Å². The first-order valence-corrected chi connectivity index (χ1v) is 10.0. The number of nitrogens with two attached hydrogens (primary N) is 1. The Morgan fingerprint density at radius 1 is 1.18 bits per heavy atom. The highest BCUT2D eigenvalue weighted by Gasteiger charge is 2.37. The molecule has 0 aliphatic heterocycles. The second-order valence-electron chi connectivity index (χ2n) is 8.43. The minimum Gasteiger partial charge on any atom is -0.398 e. The fourth-order valence-corrected chi connectivity index (χ4v) is 3.36. The van der Waals surface area contributed by atoms with Crippen LogP contribution in [0.2, 0.25) is 0 Å². The van der Waals surface area contributed by atoms with Gasteiger partial charge in [-0.3, -0.25) is 5.41 Å². The van der Waals surface area contributed by atoms with Crippen LogP contribution in [0.25, 0.3) is 0 Å². The molecule has 3 rings (SSSR count). The highest BCUT2D eigenvalue weighted by molar-refractivity contribution is 6.13. The van der Waals surface area contributed by atoms with E-state index in [2.05, 4.69) is 59.8 Å². The summed E-state index contributed by atoms with van der Waals surface area (Å²) in [6, 6.07) is 7.96. The van der Waals surface area contributed by atoms with Crippen LogP contribution >= 0.6 is 0 Å². The lowest BCUT2D eigenvalue weighted by Crippen LogP contribution is -2.32. The van der Waals surface area contributed by atoms with Gasteiger partial charge in [-0.05, 0) is 63.4 Å². The van der Waals surface area contributed by atoms with E-state index in [0.717, 1.165) is 37.4 Å². The summed E-state index contributed by atoms with van der Waals surface area (Å²) < 4.78 is 0. The SMILES string of the molecule is CCN(CCN(C)C)c1cc(C(=N)c2cc(CC3(C)CC3)ccc2N)ncn1. The average Bonchev–Trinajstić information content (AvgIpc) is 3.40. The van der Waals surface area contributed by atoms with Crippen LogP contribution in [-0.2, 0) is 6.42 Å². The van der Waals surface area contributed by atoms with E-state index in [0.29, 0.717) is 22.5 Å². The highest BCUT2D eigenvalue weighted by Crippen LogP contribution is 2.47. The van der Waals surface area contributed by atoms with Crippen molar-refractivity contribution in [3.8, 4) is 0 Å². The van der Waals surface area contributed by atoms with Crippen molar-refractivity contribution < 1.29 is 0 Å². The predicted octanol–water partition coefficient (Wildman–Crippen LogP) is 3.21. The zero-order chi connectivity index (χ0) is 20.3. The molecule has 1 aromatic heterocycles. The molecule has 6 heteroatoms. The molecule has 1 saturated carbocycles. The van der Waals surface area contributed by atoms with E-state index in [9.17, 15) is 0 Å². The van der Waals surface area contributed by atoms with Gasteiger partial charge in [0.1, 0.15) is 12.1 Å². The number of nitrogens with one attached hydrogen (secondary N) is 1. The quantitative estimate of drug-likeness (QED) is 0.516. The molecular formula is C22H32N6. The summed E-state index contributed by atoms with van der Waals surface area (Å²) in [6.45, 7) is 7.11. The van der Waals surface area contributed by atoms with Gasteiger partial charge in [0, 0.05) is 37.0 Å². The van der Waals surface area contributed by atoms with Crippen molar-refractivity contribution in [2.75, 3.05) is 44.4 Å². The molecule has 2 aromatic rings. The number of benzene rings is 1. The van der Waals surface area contributed by atoms with E-state index in [1.54, 1.807) is 6.33 Å². The Hall–Kier alpha value is -2.47. The number of likely N-dealkylation sites (N-methyl/N-ethyl adjacent to an activating group) is 2. The minimum absolute atomic E-state index is 0.354. The van der Waals surface area contributed by atoms with Gasteiger partial charge in [-0.25, -0.2) is 9.97 Å². The monoisotopic (exact) mass is 380 g/mol. The lowest BCUT2D eigenvalue weighted by atomic mass is 9.95. The zero-order valence-electron chi connectivity index (χ0n) is 17.5. The zero-order valence-corrected chi connectivity index (χ0v) is 17.5. The summed E-state index contributed by atoms with van der Waals surface area (Å²) in [7, 11) is 4.12. The van der Waals surface area contributed by atoms with Crippen molar-refractivity contribution >= 4 is 17.2 Å². The number of rotatable bonds is 9. The van der Waals surface area contributed by atoms with Gasteiger partial charge < -0.3 is 15.5 Å². The number of anilines is 2. The number of hydrogen-bond acceptors (Lipinski definition) is 6. The molecule has 0 amide bonds. The van der Waals surface area contributed by atoms with Crippen molar-refractivity contribution in [1.29, 1.82) is 5.41 Å². The van der Waals surface area contributed by atoms with Crippen molar-refractivity contribution in [3.63, 3.8) is 0 Å². The van der Waals surface area contributed by atoms with E-state index < -0.39 is 0 Å². The van der Waals surface area contributed by atoms with Crippen LogP contribution in [0, 0.1) is 10.8 Å². The summed E-state index contributed by atoms with van der Waals surface area (Å²) in [5, 5.41) is 8.72. The Balaban J connectivity index is 1.83. The maximum atomic E-state index is 8.72. The third-order valence-corrected chi connectivity index (χ3v) is 5.55. The van der Waals surface area contributed by atoms with E-state index in [-0.39, 0.29) is 0 Å². The average molecular weight is 381 g/mol. The Morgan fingerprint density at radius 3 is 2.57 bits per heavy atom. The van der Waals surface area contributed by atoms with Gasteiger partial charge in [-0.1, -0.05) is 13.0 Å². The maximum absolute atomic E-state index is 8.72. The second kappa shape index (κ2) is 8.27. The fraction of sp³-hybridized carbons (Fsp3) is 0.500. The number of nitrogen functional groups attached to an aromatic ring is 1. The topological polar surface area (TPSA) is 82.1 Å². The third kappa shape index (κ3) is 4.87. The van der Waals surface area contributed by atoms with Crippen LogP contribution in [0.5, 0.6) is 0 Å². The molecule has 0 unspecified atom stereocenters. The Labute approximate surface area is 168 Å². The van der Waals surface area contributed by atoms with E-state index in [1.165, 1.54) is 18.4 Å². The van der Waals surface area contributed by atoms with Crippen LogP contribution in [-0.4, -0.2) is 54.3 Å². The summed E-state index contributed by atoms with van der Waals surface area (Å²) in [5.74, 6) is 0.847. The molecule has 0 spiro atoms. The maximum Gasteiger partial charge on any atom is 0.132 e. The Morgan fingerprint density at radius 2 is 1.93 bits per heavy atom. The van der Waals surface area contributed by atoms with Gasteiger partial charge in [-0.2, -0.15) is 0 Å². The predicted molar refractivity (Wildman–Crippen MR) is 116 cm³/mol. The number of nitrogens with zero attached hydrogens (tertiary/aromatic N) is 4. The molecule has 0 radical (unpaired) electrons. The van der Waals surface area contributed by atoms with Crippen molar-refractivity contribution in [2.24, 2.45) is 5.41 Å². The van der Waals surface area contributed by atoms with Crippen LogP contribution in [0.15, 0.2) is 30.6 Å². The summed E-state index contributed by atoms with van der Waals surface area (Å²) in [5.41, 5.74) is 10.2. The van der Waals surface area contributed by atoms with Gasteiger partial charge >= 0.3 is 0 Å². The van der Waals surface area contributed by atoms with Crippen molar-refractivity contribution in [3.05, 3.63) is 47.4 Å². The molecule has 1 heterocycles. The number of aromatic nitrogens is 2. The first-order valence-electron chi connectivity index (χ1n) is 10.0. The molecule has 1 aliphatic rings. The molecular weight excluding hydrogens is 348 g/mol. The van der Waals surface area contributed by atoms with E-state index in [4.69, 9.17) is 11.1 Å². The van der Waals surface area contributed by atoms with Gasteiger partial charge in [0.05, 0.1) is 11.4 Å².